The molecule has 1 heterocycles. The minimum Gasteiger partial charge on any atom is -0.453 e. The molecule has 0 fully saturated rings. The number of para-hydroxylation sites is 2. The zero-order chi connectivity index (χ0) is 18.9. The normalized spacial score (nSPS) is 11.4. The van der Waals surface area contributed by atoms with Crippen LogP contribution in [0.25, 0.3) is 22.6 Å². The van der Waals surface area contributed by atoms with Crippen molar-refractivity contribution in [1.29, 1.82) is 0 Å². The lowest BCUT2D eigenvalue weighted by Crippen LogP contribution is -2.09. The molecule has 0 saturated heterocycles. The lowest BCUT2D eigenvalue weighted by atomic mass is 10.0. The van der Waals surface area contributed by atoms with Crippen LogP contribution in [0.1, 0.15) is 76.7 Å². The molecule has 0 atom stereocenters. The van der Waals surface area contributed by atoms with E-state index < -0.39 is 0 Å². The second kappa shape index (κ2) is 10.2. The average molecular weight is 366 g/mol. The van der Waals surface area contributed by atoms with Crippen LogP contribution in [0.5, 0.6) is 0 Å². The summed E-state index contributed by atoms with van der Waals surface area (Å²) in [6.45, 7) is 2.26. The van der Waals surface area contributed by atoms with Gasteiger partial charge in [0.15, 0.2) is 16.8 Å². The van der Waals surface area contributed by atoms with Gasteiger partial charge in [-0.25, -0.2) is 4.98 Å². The molecule has 0 saturated carbocycles. The lowest BCUT2D eigenvalue weighted by Gasteiger charge is -2.08. The number of hydrogen-bond acceptors (Lipinski definition) is 3. The molecule has 1 aliphatic carbocycles. The Kier molecular flexibility index (Phi) is 7.44. The number of aromatic nitrogens is 1. The highest BCUT2D eigenvalue weighted by Crippen LogP contribution is 2.24. The summed E-state index contributed by atoms with van der Waals surface area (Å²) < 4.78 is 5.82. The fourth-order valence-corrected chi connectivity index (χ4v) is 3.64. The van der Waals surface area contributed by atoms with Crippen molar-refractivity contribution in [3.63, 3.8) is 0 Å². The van der Waals surface area contributed by atoms with Crippen molar-refractivity contribution in [1.82, 2.24) is 4.98 Å². The predicted molar refractivity (Wildman–Crippen MR) is 112 cm³/mol. The van der Waals surface area contributed by atoms with Crippen LogP contribution in [0.4, 0.5) is 0 Å². The predicted octanol–water partition coefficient (Wildman–Crippen LogP) is 6.76. The second-order valence-electron chi connectivity index (χ2n) is 7.54. The third-order valence-corrected chi connectivity index (χ3v) is 5.27. The van der Waals surface area contributed by atoms with E-state index in [2.05, 4.69) is 11.9 Å². The van der Waals surface area contributed by atoms with E-state index in [1.807, 2.05) is 30.3 Å². The maximum Gasteiger partial charge on any atom is 0.185 e. The van der Waals surface area contributed by atoms with E-state index in [0.29, 0.717) is 11.3 Å². The van der Waals surface area contributed by atoms with Gasteiger partial charge in [0.2, 0.25) is 0 Å². The molecule has 0 N–H and O–H groups in total. The summed E-state index contributed by atoms with van der Waals surface area (Å²) in [5.74, 6) is 0.575. The summed E-state index contributed by atoms with van der Waals surface area (Å²) in [6, 6.07) is 11.2. The van der Waals surface area contributed by atoms with E-state index in [1.54, 1.807) is 6.07 Å². The quantitative estimate of drug-likeness (QED) is 0.278. The van der Waals surface area contributed by atoms with E-state index >= 15 is 0 Å². The van der Waals surface area contributed by atoms with Crippen molar-refractivity contribution < 1.29 is 4.42 Å². The first kappa shape index (κ1) is 19.6. The smallest absolute Gasteiger partial charge is 0.185 e. The van der Waals surface area contributed by atoms with Gasteiger partial charge in [0, 0.05) is 11.6 Å². The number of benzene rings is 2. The zero-order valence-corrected chi connectivity index (χ0v) is 16.5. The maximum absolute atomic E-state index is 12.4. The van der Waals surface area contributed by atoms with E-state index in [0.717, 1.165) is 29.6 Å². The molecule has 0 spiro atoms. The zero-order valence-electron chi connectivity index (χ0n) is 16.5. The van der Waals surface area contributed by atoms with Crippen molar-refractivity contribution in [3.05, 3.63) is 52.2 Å². The third-order valence-electron chi connectivity index (χ3n) is 5.27. The van der Waals surface area contributed by atoms with Crippen molar-refractivity contribution in [2.75, 3.05) is 0 Å². The molecule has 3 heteroatoms. The number of nitrogens with zero attached hydrogens (tertiary/aromatic N) is 1. The molecule has 1 aliphatic heterocycles. The highest BCUT2D eigenvalue weighted by Gasteiger charge is 2.12. The molecule has 27 heavy (non-hydrogen) atoms. The van der Waals surface area contributed by atoms with Crippen LogP contribution in [0.2, 0.25) is 0 Å². The Morgan fingerprint density at radius 1 is 0.852 bits per heavy atom. The third kappa shape index (κ3) is 5.66. The minimum absolute atomic E-state index is 0.0688. The molecular formula is C24H31NO2. The number of aryl methyl sites for hydroxylation is 1. The van der Waals surface area contributed by atoms with E-state index in [1.165, 1.54) is 57.8 Å². The molecule has 144 valence electrons. The largest absolute Gasteiger partial charge is 0.453 e. The number of fused-ring (bicyclic) bond motifs is 2. The first-order valence-corrected chi connectivity index (χ1v) is 10.6. The van der Waals surface area contributed by atoms with Crippen molar-refractivity contribution in [2.45, 2.75) is 77.6 Å². The van der Waals surface area contributed by atoms with Crippen LogP contribution >= 0.6 is 0 Å². The van der Waals surface area contributed by atoms with Gasteiger partial charge >= 0.3 is 0 Å². The lowest BCUT2D eigenvalue weighted by molar-refractivity contribution is 0.556. The Morgan fingerprint density at radius 2 is 1.52 bits per heavy atom. The van der Waals surface area contributed by atoms with Crippen LogP contribution in [0.15, 0.2) is 45.6 Å². The molecule has 0 bridgehead atoms. The van der Waals surface area contributed by atoms with E-state index in [-0.39, 0.29) is 5.43 Å². The summed E-state index contributed by atoms with van der Waals surface area (Å²) in [5, 5.41) is 0. The van der Waals surface area contributed by atoms with Crippen LogP contribution in [0, 0.1) is 0 Å². The fraction of sp³-hybridized carbons (Fsp3) is 0.500. The molecule has 0 amide bonds. The van der Waals surface area contributed by atoms with Crippen molar-refractivity contribution >= 4 is 11.1 Å². The van der Waals surface area contributed by atoms with Gasteiger partial charge in [-0.3, -0.25) is 4.79 Å². The van der Waals surface area contributed by atoms with Gasteiger partial charge < -0.3 is 4.42 Å². The summed E-state index contributed by atoms with van der Waals surface area (Å²) in [7, 11) is 0. The molecule has 0 radical (unpaired) electrons. The van der Waals surface area contributed by atoms with Crippen LogP contribution < -0.4 is 5.43 Å². The van der Waals surface area contributed by atoms with Gasteiger partial charge in [0.25, 0.3) is 0 Å². The Balaban J connectivity index is 1.48. The first-order valence-electron chi connectivity index (χ1n) is 10.6. The molecule has 0 unspecified atom stereocenters. The topological polar surface area (TPSA) is 43.1 Å². The summed E-state index contributed by atoms with van der Waals surface area (Å²) >= 11 is 0. The fourth-order valence-electron chi connectivity index (χ4n) is 3.64. The molecule has 1 aromatic rings. The van der Waals surface area contributed by atoms with Gasteiger partial charge in [-0.15, -0.1) is 0 Å². The average Bonchev–Trinajstić information content (AvgIpc) is 2.68. The van der Waals surface area contributed by atoms with Crippen LogP contribution in [-0.4, -0.2) is 4.98 Å². The van der Waals surface area contributed by atoms with Gasteiger partial charge in [-0.2, -0.15) is 0 Å². The Labute approximate surface area is 162 Å². The summed E-state index contributed by atoms with van der Waals surface area (Å²) in [5.41, 5.74) is 3.25. The summed E-state index contributed by atoms with van der Waals surface area (Å²) in [4.78, 5) is 17.0. The standard InChI is InChI=1S/C24H31NO2/c1-2-3-4-5-6-7-8-9-10-11-14-19-17-21-24(18-22(19)26)27-23-16-13-12-15-20(23)25-21/h12-13,15-18H,2-11,14H2,1H3. The van der Waals surface area contributed by atoms with Crippen LogP contribution in [-0.2, 0) is 6.42 Å². The Morgan fingerprint density at radius 3 is 2.26 bits per heavy atom. The van der Waals surface area contributed by atoms with Gasteiger partial charge in [0.1, 0.15) is 11.2 Å². The number of rotatable bonds is 11. The highest BCUT2D eigenvalue weighted by molar-refractivity contribution is 5.76. The Hall–Kier alpha value is -2.16. The van der Waals surface area contributed by atoms with E-state index in [4.69, 9.17) is 4.42 Å². The van der Waals surface area contributed by atoms with E-state index in [9.17, 15) is 4.79 Å². The van der Waals surface area contributed by atoms with Crippen molar-refractivity contribution in [3.8, 4) is 11.5 Å². The maximum atomic E-state index is 12.4. The first-order chi connectivity index (χ1) is 13.3. The molecule has 1 aromatic carbocycles. The summed E-state index contributed by atoms with van der Waals surface area (Å²) in [6.07, 6.45) is 13.9. The molecule has 2 aliphatic rings. The van der Waals surface area contributed by atoms with Gasteiger partial charge in [-0.1, -0.05) is 76.8 Å². The number of unbranched alkanes of at least 4 members (excludes halogenated alkanes) is 9. The molecule has 3 nitrogen and oxygen atoms in total. The second-order valence-corrected chi connectivity index (χ2v) is 7.54. The van der Waals surface area contributed by atoms with Crippen molar-refractivity contribution in [2.24, 2.45) is 0 Å². The molecular weight excluding hydrogens is 334 g/mol. The van der Waals surface area contributed by atoms with Crippen LogP contribution in [0.3, 0.4) is 0 Å². The SMILES string of the molecule is CCCCCCCCCCCCc1cc2nc3ccccc3oc-2cc1=O. The van der Waals surface area contributed by atoms with Gasteiger partial charge in [-0.05, 0) is 31.0 Å². The monoisotopic (exact) mass is 365 g/mol. The Bertz CT molecular complexity index is 868. The minimum atomic E-state index is 0.0688. The molecule has 0 aromatic heterocycles. The highest BCUT2D eigenvalue weighted by atomic mass is 16.3. The molecule has 3 rings (SSSR count). The van der Waals surface area contributed by atoms with Gasteiger partial charge in [0.05, 0.1) is 0 Å². The number of hydrogen-bond donors (Lipinski definition) is 0.